The van der Waals surface area contributed by atoms with E-state index in [0.29, 0.717) is 17.4 Å². The summed E-state index contributed by atoms with van der Waals surface area (Å²) in [6.07, 6.45) is 2.48. The molecule has 0 aromatic carbocycles. The van der Waals surface area contributed by atoms with Gasteiger partial charge in [-0.2, -0.15) is 9.97 Å². The minimum atomic E-state index is -0.784. The Kier molecular flexibility index (Phi) is 5.11. The molecule has 2 atom stereocenters. The fourth-order valence-electron chi connectivity index (χ4n) is 1.28. The molecule has 0 bridgehead atoms. The topological polar surface area (TPSA) is 119 Å². The first-order chi connectivity index (χ1) is 8.01. The fourth-order valence-corrected chi connectivity index (χ4v) is 1.97. The van der Waals surface area contributed by atoms with Gasteiger partial charge in [-0.15, -0.1) is 0 Å². The number of hydrogen-bond acceptors (Lipinski definition) is 7. The zero-order chi connectivity index (χ0) is 12.8. The van der Waals surface area contributed by atoms with Gasteiger partial charge in [-0.25, -0.2) is 5.84 Å². The molecule has 8 heteroatoms. The van der Waals surface area contributed by atoms with Crippen LogP contribution in [0.4, 0.5) is 17.6 Å². The standard InChI is InChI=1S/C9H18N6OS/c1-6(3-4-17(2)16)12-7-5-8(15-11)14-9(10)13-7/h5-6H,3-4,11H2,1-2H3,(H4,10,12,13,14,15). The second-order valence-electron chi connectivity index (χ2n) is 3.75. The summed E-state index contributed by atoms with van der Waals surface area (Å²) in [6, 6.07) is 1.81. The number of aromatic nitrogens is 2. The second kappa shape index (κ2) is 6.36. The maximum atomic E-state index is 11.0. The molecule has 7 nitrogen and oxygen atoms in total. The van der Waals surface area contributed by atoms with E-state index < -0.39 is 10.8 Å². The zero-order valence-corrected chi connectivity index (χ0v) is 10.8. The van der Waals surface area contributed by atoms with E-state index in [1.165, 1.54) is 0 Å². The monoisotopic (exact) mass is 258 g/mol. The summed E-state index contributed by atoms with van der Waals surface area (Å²) in [4.78, 5) is 7.91. The summed E-state index contributed by atoms with van der Waals surface area (Å²) >= 11 is 0. The molecule has 0 aliphatic rings. The summed E-state index contributed by atoms with van der Waals surface area (Å²) in [6.45, 7) is 1.99. The van der Waals surface area contributed by atoms with Gasteiger partial charge in [0.05, 0.1) is 0 Å². The Labute approximate surface area is 103 Å². The van der Waals surface area contributed by atoms with Gasteiger partial charge < -0.3 is 16.5 Å². The molecule has 0 spiro atoms. The number of nitrogen functional groups attached to an aromatic ring is 2. The quantitative estimate of drug-likeness (QED) is 0.416. The molecule has 1 aromatic rings. The Balaban J connectivity index is 2.61. The van der Waals surface area contributed by atoms with Crippen LogP contribution >= 0.6 is 0 Å². The van der Waals surface area contributed by atoms with Gasteiger partial charge in [0.2, 0.25) is 5.95 Å². The molecule has 0 aliphatic carbocycles. The lowest BCUT2D eigenvalue weighted by Crippen LogP contribution is -2.20. The van der Waals surface area contributed by atoms with Gasteiger partial charge in [0.1, 0.15) is 11.6 Å². The molecule has 0 aliphatic heterocycles. The highest BCUT2D eigenvalue weighted by Gasteiger charge is 2.06. The third-order valence-electron chi connectivity index (χ3n) is 2.12. The van der Waals surface area contributed by atoms with E-state index >= 15 is 0 Å². The lowest BCUT2D eigenvalue weighted by molar-refractivity contribution is 0.678. The zero-order valence-electron chi connectivity index (χ0n) is 9.93. The molecule has 0 saturated heterocycles. The van der Waals surface area contributed by atoms with Crippen LogP contribution in [0.15, 0.2) is 6.07 Å². The number of nitrogens with one attached hydrogen (secondary N) is 2. The molecular formula is C9H18N6OS. The van der Waals surface area contributed by atoms with E-state index in [9.17, 15) is 4.21 Å². The van der Waals surface area contributed by atoms with Crippen molar-refractivity contribution in [3.8, 4) is 0 Å². The van der Waals surface area contributed by atoms with E-state index in [4.69, 9.17) is 11.6 Å². The Hall–Kier alpha value is -1.41. The molecule has 96 valence electrons. The Morgan fingerprint density at radius 2 is 2.12 bits per heavy atom. The fraction of sp³-hybridized carbons (Fsp3) is 0.556. The third-order valence-corrected chi connectivity index (χ3v) is 2.93. The predicted molar refractivity (Wildman–Crippen MR) is 70.9 cm³/mol. The van der Waals surface area contributed by atoms with Crippen molar-refractivity contribution in [1.82, 2.24) is 9.97 Å². The van der Waals surface area contributed by atoms with Gasteiger partial charge in [-0.05, 0) is 13.3 Å². The van der Waals surface area contributed by atoms with Gasteiger partial charge in [-0.3, -0.25) is 4.21 Å². The average Bonchev–Trinajstić information content (AvgIpc) is 2.25. The molecule has 0 radical (unpaired) electrons. The highest BCUT2D eigenvalue weighted by atomic mass is 32.2. The van der Waals surface area contributed by atoms with Crippen molar-refractivity contribution < 1.29 is 4.21 Å². The largest absolute Gasteiger partial charge is 0.368 e. The molecule has 1 heterocycles. The van der Waals surface area contributed by atoms with Crippen molar-refractivity contribution >= 4 is 28.4 Å². The van der Waals surface area contributed by atoms with Crippen LogP contribution in [0.2, 0.25) is 0 Å². The number of nitrogens with two attached hydrogens (primary N) is 2. The number of rotatable bonds is 6. The molecule has 0 saturated carbocycles. The van der Waals surface area contributed by atoms with Crippen LogP contribution in [-0.2, 0) is 10.8 Å². The van der Waals surface area contributed by atoms with Crippen LogP contribution < -0.4 is 22.3 Å². The maximum absolute atomic E-state index is 11.0. The summed E-state index contributed by atoms with van der Waals surface area (Å²) < 4.78 is 11.0. The summed E-state index contributed by atoms with van der Waals surface area (Å²) in [5.74, 6) is 7.10. The van der Waals surface area contributed by atoms with Gasteiger partial charge >= 0.3 is 0 Å². The van der Waals surface area contributed by atoms with E-state index in [2.05, 4.69) is 20.7 Å². The second-order valence-corrected chi connectivity index (χ2v) is 5.31. The van der Waals surface area contributed by atoms with E-state index in [0.717, 1.165) is 6.42 Å². The molecule has 17 heavy (non-hydrogen) atoms. The summed E-state index contributed by atoms with van der Waals surface area (Å²) in [5.41, 5.74) is 7.94. The normalized spacial score (nSPS) is 14.1. The number of hydrazine groups is 1. The molecule has 0 fully saturated rings. The Morgan fingerprint density at radius 1 is 1.47 bits per heavy atom. The molecule has 1 aromatic heterocycles. The lowest BCUT2D eigenvalue weighted by atomic mass is 10.2. The van der Waals surface area contributed by atoms with Crippen molar-refractivity contribution in [2.75, 3.05) is 28.5 Å². The number of hydrogen-bond donors (Lipinski definition) is 4. The third kappa shape index (κ3) is 4.96. The van der Waals surface area contributed by atoms with Crippen molar-refractivity contribution in [2.45, 2.75) is 19.4 Å². The van der Waals surface area contributed by atoms with Gasteiger partial charge in [0.25, 0.3) is 0 Å². The van der Waals surface area contributed by atoms with Crippen LogP contribution in [0.3, 0.4) is 0 Å². The molecule has 6 N–H and O–H groups in total. The van der Waals surface area contributed by atoms with E-state index in [-0.39, 0.29) is 12.0 Å². The SMILES string of the molecule is CC(CCS(C)=O)Nc1cc(NN)nc(N)n1. The van der Waals surface area contributed by atoms with Crippen LogP contribution in [0.25, 0.3) is 0 Å². The first-order valence-electron chi connectivity index (χ1n) is 5.19. The van der Waals surface area contributed by atoms with Crippen LogP contribution in [-0.4, -0.2) is 32.2 Å². The molecule has 2 unspecified atom stereocenters. The lowest BCUT2D eigenvalue weighted by Gasteiger charge is -2.14. The van der Waals surface area contributed by atoms with Crippen LogP contribution in [0.1, 0.15) is 13.3 Å². The van der Waals surface area contributed by atoms with Crippen molar-refractivity contribution in [3.63, 3.8) is 0 Å². The average molecular weight is 258 g/mol. The summed E-state index contributed by atoms with van der Waals surface area (Å²) in [5, 5.41) is 3.15. The van der Waals surface area contributed by atoms with Crippen LogP contribution in [0, 0.1) is 0 Å². The Morgan fingerprint density at radius 3 is 2.71 bits per heavy atom. The van der Waals surface area contributed by atoms with Crippen molar-refractivity contribution in [2.24, 2.45) is 5.84 Å². The van der Waals surface area contributed by atoms with Crippen LogP contribution in [0.5, 0.6) is 0 Å². The van der Waals surface area contributed by atoms with Gasteiger partial charge in [-0.1, -0.05) is 0 Å². The predicted octanol–water partition coefficient (Wildman–Crippen LogP) is -0.0866. The van der Waals surface area contributed by atoms with E-state index in [1.807, 2.05) is 6.92 Å². The smallest absolute Gasteiger partial charge is 0.223 e. The van der Waals surface area contributed by atoms with Gasteiger partial charge in [0.15, 0.2) is 0 Å². The van der Waals surface area contributed by atoms with E-state index in [1.54, 1.807) is 12.3 Å². The molecule has 1 rings (SSSR count). The van der Waals surface area contributed by atoms with Gasteiger partial charge in [0, 0.05) is 34.9 Å². The first-order valence-corrected chi connectivity index (χ1v) is 6.91. The van der Waals surface area contributed by atoms with Crippen molar-refractivity contribution in [1.29, 1.82) is 0 Å². The minimum absolute atomic E-state index is 0.147. The first kappa shape index (κ1) is 13.7. The number of nitrogens with zero attached hydrogens (tertiary/aromatic N) is 2. The maximum Gasteiger partial charge on any atom is 0.223 e. The molecular weight excluding hydrogens is 240 g/mol. The number of anilines is 3. The molecule has 0 amide bonds. The minimum Gasteiger partial charge on any atom is -0.368 e. The summed E-state index contributed by atoms with van der Waals surface area (Å²) in [7, 11) is -0.784. The highest BCUT2D eigenvalue weighted by molar-refractivity contribution is 7.84. The Bertz CT molecular complexity index is 399. The highest BCUT2D eigenvalue weighted by Crippen LogP contribution is 2.13. The van der Waals surface area contributed by atoms with Crippen molar-refractivity contribution in [3.05, 3.63) is 6.07 Å².